The van der Waals surface area contributed by atoms with Crippen molar-refractivity contribution in [1.29, 1.82) is 0 Å². The lowest BCUT2D eigenvalue weighted by Crippen LogP contribution is -2.12. The molecule has 0 aliphatic heterocycles. The smallest absolute Gasteiger partial charge is 0.0941 e. The highest BCUT2D eigenvalue weighted by molar-refractivity contribution is 6.49. The third-order valence-corrected chi connectivity index (χ3v) is 3.30. The first-order chi connectivity index (χ1) is 6.49. The topological polar surface area (TPSA) is 46.2 Å². The van der Waals surface area contributed by atoms with E-state index in [1.54, 1.807) is 0 Å². The van der Waals surface area contributed by atoms with Crippen LogP contribution in [0.5, 0.6) is 0 Å². The molecule has 1 unspecified atom stereocenters. The van der Waals surface area contributed by atoms with Gasteiger partial charge >= 0.3 is 0 Å². The van der Waals surface area contributed by atoms with Crippen LogP contribution in [0.25, 0.3) is 0 Å². The van der Waals surface area contributed by atoms with Gasteiger partial charge in [0.15, 0.2) is 0 Å². The monoisotopic (exact) mass is 273 g/mol. The fourth-order valence-corrected chi connectivity index (χ4v) is 2.18. The summed E-state index contributed by atoms with van der Waals surface area (Å²) in [5.74, 6) is 0. The Morgan fingerprint density at radius 3 is 2.21 bits per heavy atom. The van der Waals surface area contributed by atoms with Crippen molar-refractivity contribution in [3.05, 3.63) is 31.7 Å². The summed E-state index contributed by atoms with van der Waals surface area (Å²) in [6.45, 7) is 0.0113. The minimum absolute atomic E-state index is 0.0113. The zero-order valence-electron chi connectivity index (χ0n) is 6.90. The van der Waals surface area contributed by atoms with Crippen LogP contribution in [0.3, 0.4) is 0 Å². The Hall–Kier alpha value is 0.300. The van der Waals surface area contributed by atoms with Gasteiger partial charge in [-0.2, -0.15) is 0 Å². The molecule has 0 amide bonds. The van der Waals surface area contributed by atoms with Crippen LogP contribution in [0.1, 0.15) is 11.7 Å². The standard InChI is InChI=1S/C8H7Cl4NO/c9-3-1-4(10)7(11)8(12)6(3)5(14)2-13/h1,5,14H,2,13H2. The highest BCUT2D eigenvalue weighted by atomic mass is 35.5. The van der Waals surface area contributed by atoms with Gasteiger partial charge in [-0.3, -0.25) is 0 Å². The van der Waals surface area contributed by atoms with E-state index < -0.39 is 6.10 Å². The molecule has 0 radical (unpaired) electrons. The second-order valence-electron chi connectivity index (χ2n) is 2.63. The van der Waals surface area contributed by atoms with Gasteiger partial charge in [0.2, 0.25) is 0 Å². The number of halogens is 4. The molecule has 2 nitrogen and oxygen atoms in total. The van der Waals surface area contributed by atoms with E-state index in [-0.39, 0.29) is 26.6 Å². The molecule has 0 saturated carbocycles. The number of aliphatic hydroxyl groups excluding tert-OH is 1. The Bertz CT molecular complexity index is 356. The van der Waals surface area contributed by atoms with Crippen LogP contribution in [0.4, 0.5) is 0 Å². The molecule has 1 aromatic rings. The molecule has 0 aliphatic rings. The molecule has 1 rings (SSSR count). The lowest BCUT2D eigenvalue weighted by molar-refractivity contribution is 0.187. The quantitative estimate of drug-likeness (QED) is 0.642. The van der Waals surface area contributed by atoms with Crippen LogP contribution in [-0.2, 0) is 0 Å². The second-order valence-corrected chi connectivity index (χ2v) is 4.20. The minimum Gasteiger partial charge on any atom is -0.387 e. The van der Waals surface area contributed by atoms with E-state index in [4.69, 9.17) is 52.1 Å². The van der Waals surface area contributed by atoms with Crippen molar-refractivity contribution in [1.82, 2.24) is 0 Å². The van der Waals surface area contributed by atoms with Gasteiger partial charge in [0, 0.05) is 17.1 Å². The predicted molar refractivity (Wildman–Crippen MR) is 60.5 cm³/mol. The van der Waals surface area contributed by atoms with E-state index in [0.29, 0.717) is 5.56 Å². The van der Waals surface area contributed by atoms with Gasteiger partial charge in [0.25, 0.3) is 0 Å². The molecule has 0 fully saturated rings. The highest BCUT2D eigenvalue weighted by Crippen LogP contribution is 2.39. The maximum atomic E-state index is 9.51. The first-order valence-electron chi connectivity index (χ1n) is 3.70. The van der Waals surface area contributed by atoms with Crippen LogP contribution in [0.15, 0.2) is 6.07 Å². The molecule has 3 N–H and O–H groups in total. The molecule has 6 heteroatoms. The molecule has 1 aromatic carbocycles. The van der Waals surface area contributed by atoms with Crippen LogP contribution in [-0.4, -0.2) is 11.7 Å². The number of hydrogen-bond donors (Lipinski definition) is 2. The van der Waals surface area contributed by atoms with E-state index in [9.17, 15) is 5.11 Å². The second kappa shape index (κ2) is 4.88. The van der Waals surface area contributed by atoms with Gasteiger partial charge < -0.3 is 10.8 Å². The van der Waals surface area contributed by atoms with Gasteiger partial charge in [-0.05, 0) is 6.07 Å². The average molecular weight is 275 g/mol. The largest absolute Gasteiger partial charge is 0.387 e. The molecular weight excluding hydrogens is 268 g/mol. The predicted octanol–water partition coefficient (Wildman–Crippen LogP) is 3.29. The molecule has 0 saturated heterocycles. The summed E-state index contributed by atoms with van der Waals surface area (Å²) in [5.41, 5.74) is 5.60. The lowest BCUT2D eigenvalue weighted by Gasteiger charge is -2.14. The van der Waals surface area contributed by atoms with Crippen molar-refractivity contribution < 1.29 is 5.11 Å². The Balaban J connectivity index is 3.36. The molecule has 0 spiro atoms. The van der Waals surface area contributed by atoms with Crippen LogP contribution < -0.4 is 5.73 Å². The Morgan fingerprint density at radius 2 is 1.71 bits per heavy atom. The molecule has 0 aromatic heterocycles. The third kappa shape index (κ3) is 2.27. The van der Waals surface area contributed by atoms with Crippen molar-refractivity contribution >= 4 is 46.4 Å². The van der Waals surface area contributed by atoms with E-state index in [0.717, 1.165) is 0 Å². The summed E-state index contributed by atoms with van der Waals surface area (Å²) >= 11 is 23.2. The number of hydrogen-bond acceptors (Lipinski definition) is 2. The van der Waals surface area contributed by atoms with E-state index >= 15 is 0 Å². The molecule has 14 heavy (non-hydrogen) atoms. The number of nitrogens with two attached hydrogens (primary N) is 1. The van der Waals surface area contributed by atoms with Gasteiger partial charge in [-0.15, -0.1) is 0 Å². The fraction of sp³-hybridized carbons (Fsp3) is 0.250. The van der Waals surface area contributed by atoms with Crippen molar-refractivity contribution in [2.45, 2.75) is 6.10 Å². The lowest BCUT2D eigenvalue weighted by atomic mass is 10.1. The summed E-state index contributed by atoms with van der Waals surface area (Å²) in [6.07, 6.45) is -0.940. The normalized spacial score (nSPS) is 13.0. The van der Waals surface area contributed by atoms with E-state index in [2.05, 4.69) is 0 Å². The number of benzene rings is 1. The zero-order chi connectivity index (χ0) is 10.9. The molecule has 78 valence electrons. The van der Waals surface area contributed by atoms with Gasteiger partial charge in [0.05, 0.1) is 21.2 Å². The first-order valence-corrected chi connectivity index (χ1v) is 5.21. The summed E-state index contributed by atoms with van der Waals surface area (Å²) in [6, 6.07) is 1.42. The average Bonchev–Trinajstić information content (AvgIpc) is 2.14. The van der Waals surface area contributed by atoms with Crippen LogP contribution in [0, 0.1) is 0 Å². The van der Waals surface area contributed by atoms with E-state index in [1.807, 2.05) is 0 Å². The third-order valence-electron chi connectivity index (χ3n) is 1.71. The first kappa shape index (κ1) is 12.4. The molecule has 1 atom stereocenters. The Kier molecular flexibility index (Phi) is 4.31. The van der Waals surface area contributed by atoms with Crippen molar-refractivity contribution in [2.75, 3.05) is 6.54 Å². The van der Waals surface area contributed by atoms with Crippen LogP contribution >= 0.6 is 46.4 Å². The van der Waals surface area contributed by atoms with Crippen molar-refractivity contribution in [3.8, 4) is 0 Å². The molecule has 0 bridgehead atoms. The zero-order valence-corrected chi connectivity index (χ0v) is 9.92. The molecular formula is C8H7Cl4NO. The molecule has 0 aliphatic carbocycles. The highest BCUT2D eigenvalue weighted by Gasteiger charge is 2.18. The number of aliphatic hydroxyl groups is 1. The summed E-state index contributed by atoms with van der Waals surface area (Å²) in [7, 11) is 0. The Morgan fingerprint density at radius 1 is 1.14 bits per heavy atom. The van der Waals surface area contributed by atoms with Gasteiger partial charge in [-0.25, -0.2) is 0 Å². The maximum Gasteiger partial charge on any atom is 0.0941 e. The van der Waals surface area contributed by atoms with Gasteiger partial charge in [-0.1, -0.05) is 46.4 Å². The summed E-state index contributed by atoms with van der Waals surface area (Å²) in [5, 5.41) is 10.3. The van der Waals surface area contributed by atoms with Crippen molar-refractivity contribution in [3.63, 3.8) is 0 Å². The minimum atomic E-state index is -0.940. The summed E-state index contributed by atoms with van der Waals surface area (Å²) < 4.78 is 0. The van der Waals surface area contributed by atoms with Gasteiger partial charge in [0.1, 0.15) is 0 Å². The fourth-order valence-electron chi connectivity index (χ4n) is 1.00. The van der Waals surface area contributed by atoms with E-state index in [1.165, 1.54) is 6.07 Å². The molecule has 0 heterocycles. The van der Waals surface area contributed by atoms with Crippen molar-refractivity contribution in [2.24, 2.45) is 5.73 Å². The maximum absolute atomic E-state index is 9.51. The Labute approximate surface area is 102 Å². The van der Waals surface area contributed by atoms with Crippen LogP contribution in [0.2, 0.25) is 20.1 Å². The number of rotatable bonds is 2. The summed E-state index contributed by atoms with van der Waals surface area (Å²) in [4.78, 5) is 0. The SMILES string of the molecule is NCC(O)c1c(Cl)cc(Cl)c(Cl)c1Cl.